The van der Waals surface area contributed by atoms with E-state index in [0.29, 0.717) is 6.54 Å². The Morgan fingerprint density at radius 3 is 2.83 bits per heavy atom. The Morgan fingerprint density at radius 1 is 1.42 bits per heavy atom. The summed E-state index contributed by atoms with van der Waals surface area (Å²) in [6.45, 7) is 6.94. The summed E-state index contributed by atoms with van der Waals surface area (Å²) in [6.07, 6.45) is 2.43. The van der Waals surface area contributed by atoms with Gasteiger partial charge in [0.25, 0.3) is 0 Å². The number of nitrogens with zero attached hydrogens (tertiary/aromatic N) is 7. The van der Waals surface area contributed by atoms with Crippen molar-refractivity contribution in [2.45, 2.75) is 45.8 Å². The predicted octanol–water partition coefficient (Wildman–Crippen LogP) is 1.25. The molecule has 1 aliphatic rings. The van der Waals surface area contributed by atoms with Gasteiger partial charge in [0.05, 0.1) is 12.6 Å². The highest BCUT2D eigenvalue weighted by Gasteiger charge is 2.22. The van der Waals surface area contributed by atoms with Gasteiger partial charge in [-0.3, -0.25) is 9.69 Å². The lowest BCUT2D eigenvalue weighted by Crippen LogP contribution is -2.34. The van der Waals surface area contributed by atoms with Crippen LogP contribution in [0.1, 0.15) is 42.3 Å². The molecule has 3 heterocycles. The molecule has 0 bridgehead atoms. The zero-order valence-corrected chi connectivity index (χ0v) is 15.2. The Morgan fingerprint density at radius 2 is 2.17 bits per heavy atom. The van der Waals surface area contributed by atoms with Crippen molar-refractivity contribution in [1.82, 2.24) is 35.0 Å². The number of amides is 1. The molecule has 2 aromatic heterocycles. The van der Waals surface area contributed by atoms with Crippen molar-refractivity contribution in [3.8, 4) is 0 Å². The van der Waals surface area contributed by atoms with E-state index in [2.05, 4.69) is 25.4 Å². The average molecular weight is 349 g/mol. The van der Waals surface area contributed by atoms with Gasteiger partial charge in [0.1, 0.15) is 11.6 Å². The van der Waals surface area contributed by atoms with Gasteiger partial charge in [-0.05, 0) is 50.2 Å². The van der Waals surface area contributed by atoms with Gasteiger partial charge in [-0.25, -0.2) is 9.67 Å². The van der Waals surface area contributed by atoms with Crippen LogP contribution in [0.5, 0.6) is 0 Å². The van der Waals surface area contributed by atoms with Crippen molar-refractivity contribution in [2.75, 3.05) is 20.1 Å². The first-order chi connectivity index (χ1) is 11.5. The van der Waals surface area contributed by atoms with E-state index in [0.717, 1.165) is 29.6 Å². The maximum atomic E-state index is 12.6. The Hall–Kier alpha value is -1.87. The number of rotatable bonds is 6. The van der Waals surface area contributed by atoms with Gasteiger partial charge in [-0.1, -0.05) is 0 Å². The first-order valence-electron chi connectivity index (χ1n) is 8.19. The van der Waals surface area contributed by atoms with E-state index in [1.165, 1.54) is 12.8 Å². The largest absolute Gasteiger partial charge is 0.335 e. The van der Waals surface area contributed by atoms with Crippen LogP contribution in [0.3, 0.4) is 0 Å². The minimum Gasteiger partial charge on any atom is -0.335 e. The number of carbonyl (C=O) groups excluding carboxylic acids is 1. The number of hydrogen-bond acceptors (Lipinski definition) is 7. The van der Waals surface area contributed by atoms with Crippen molar-refractivity contribution >= 4 is 17.2 Å². The number of hydrogen-bond donors (Lipinski definition) is 0. The van der Waals surface area contributed by atoms with Gasteiger partial charge in [-0.15, -0.1) is 16.4 Å². The number of likely N-dealkylation sites (N-methyl/N-ethyl adjacent to an activating group) is 1. The van der Waals surface area contributed by atoms with Gasteiger partial charge >= 0.3 is 0 Å². The third-order valence-electron chi connectivity index (χ3n) is 4.42. The molecule has 130 valence electrons. The van der Waals surface area contributed by atoms with Crippen LogP contribution in [0.2, 0.25) is 0 Å². The molecule has 0 radical (unpaired) electrons. The second-order valence-electron chi connectivity index (χ2n) is 6.24. The molecule has 0 unspecified atom stereocenters. The Bertz CT molecular complexity index is 692. The number of carbonyl (C=O) groups is 1. The monoisotopic (exact) mass is 349 g/mol. The highest BCUT2D eigenvalue weighted by Crippen LogP contribution is 2.22. The van der Waals surface area contributed by atoms with Crippen molar-refractivity contribution in [3.63, 3.8) is 0 Å². The number of likely N-dealkylation sites (tertiary alicyclic amines) is 1. The molecule has 2 aromatic rings. The van der Waals surface area contributed by atoms with Crippen LogP contribution in [0.25, 0.3) is 0 Å². The number of tetrazole rings is 1. The van der Waals surface area contributed by atoms with Crippen LogP contribution < -0.4 is 0 Å². The third kappa shape index (κ3) is 3.78. The zero-order chi connectivity index (χ0) is 17.1. The van der Waals surface area contributed by atoms with Crippen molar-refractivity contribution in [1.29, 1.82) is 0 Å². The Labute approximate surface area is 145 Å². The van der Waals surface area contributed by atoms with Gasteiger partial charge in [-0.2, -0.15) is 0 Å². The summed E-state index contributed by atoms with van der Waals surface area (Å²) in [5.74, 6) is 0.724. The third-order valence-corrected chi connectivity index (χ3v) is 5.56. The molecule has 24 heavy (non-hydrogen) atoms. The highest BCUT2D eigenvalue weighted by molar-refractivity contribution is 7.09. The van der Waals surface area contributed by atoms with E-state index in [4.69, 9.17) is 0 Å². The first kappa shape index (κ1) is 17.0. The molecular formula is C15H23N7OS. The van der Waals surface area contributed by atoms with Gasteiger partial charge in [0, 0.05) is 18.1 Å². The molecule has 0 aromatic carbocycles. The van der Waals surface area contributed by atoms with Gasteiger partial charge in [0.15, 0.2) is 5.82 Å². The summed E-state index contributed by atoms with van der Waals surface area (Å²) >= 11 is 1.58. The zero-order valence-electron chi connectivity index (χ0n) is 14.3. The van der Waals surface area contributed by atoms with E-state index in [1.54, 1.807) is 28.0 Å². The molecule has 0 aliphatic carbocycles. The van der Waals surface area contributed by atoms with Crippen LogP contribution in [0.4, 0.5) is 0 Å². The van der Waals surface area contributed by atoms with E-state index in [1.807, 2.05) is 19.2 Å². The molecule has 0 N–H and O–H groups in total. The molecule has 8 nitrogen and oxygen atoms in total. The molecule has 1 saturated heterocycles. The standard InChI is InChI=1S/C15H23N7OS/c1-11-10-24-15(16-11)12(2)20(3)14(23)9-22-13(17-18-19-22)8-21-6-4-5-7-21/h10,12H,4-9H2,1-3H3/t12-/m1/s1. The fourth-order valence-corrected chi connectivity index (χ4v) is 3.68. The van der Waals surface area contributed by atoms with Gasteiger partial charge < -0.3 is 4.90 Å². The summed E-state index contributed by atoms with van der Waals surface area (Å²) in [6, 6.07) is -0.0605. The summed E-state index contributed by atoms with van der Waals surface area (Å²) < 4.78 is 1.61. The molecule has 1 fully saturated rings. The minimum atomic E-state index is -0.0605. The average Bonchev–Trinajstić information content (AvgIpc) is 3.30. The second kappa shape index (κ2) is 7.35. The fourth-order valence-electron chi connectivity index (χ4n) is 2.79. The Balaban J connectivity index is 1.63. The molecule has 1 aliphatic heterocycles. The topological polar surface area (TPSA) is 80.0 Å². The first-order valence-corrected chi connectivity index (χ1v) is 9.07. The molecule has 3 rings (SSSR count). The smallest absolute Gasteiger partial charge is 0.244 e. The van der Waals surface area contributed by atoms with E-state index in [-0.39, 0.29) is 18.5 Å². The van der Waals surface area contributed by atoms with Crippen molar-refractivity contribution in [3.05, 3.63) is 21.9 Å². The van der Waals surface area contributed by atoms with Crippen LogP contribution in [0, 0.1) is 6.92 Å². The molecule has 0 saturated carbocycles. The van der Waals surface area contributed by atoms with Crippen LogP contribution in [-0.4, -0.2) is 61.0 Å². The van der Waals surface area contributed by atoms with Crippen LogP contribution >= 0.6 is 11.3 Å². The second-order valence-corrected chi connectivity index (χ2v) is 7.13. The van der Waals surface area contributed by atoms with E-state index >= 15 is 0 Å². The summed E-state index contributed by atoms with van der Waals surface area (Å²) in [5.41, 5.74) is 0.982. The Kier molecular flexibility index (Phi) is 5.20. The molecule has 9 heteroatoms. The van der Waals surface area contributed by atoms with E-state index < -0.39 is 0 Å². The van der Waals surface area contributed by atoms with Crippen molar-refractivity contribution in [2.24, 2.45) is 0 Å². The number of aromatic nitrogens is 5. The number of thiazole rings is 1. The number of aryl methyl sites for hydroxylation is 1. The highest BCUT2D eigenvalue weighted by atomic mass is 32.1. The van der Waals surface area contributed by atoms with Crippen molar-refractivity contribution < 1.29 is 4.79 Å². The van der Waals surface area contributed by atoms with Crippen LogP contribution in [0.15, 0.2) is 5.38 Å². The molecule has 0 spiro atoms. The SMILES string of the molecule is Cc1csc([C@@H](C)N(C)C(=O)Cn2nnnc2CN2CCCC2)n1. The summed E-state index contributed by atoms with van der Waals surface area (Å²) in [5, 5.41) is 14.7. The fraction of sp³-hybridized carbons (Fsp3) is 0.667. The maximum absolute atomic E-state index is 12.6. The minimum absolute atomic E-state index is 0.0228. The van der Waals surface area contributed by atoms with E-state index in [9.17, 15) is 4.79 Å². The normalized spacial score (nSPS) is 16.5. The lowest BCUT2D eigenvalue weighted by molar-refractivity contribution is -0.132. The molecule has 1 amide bonds. The summed E-state index contributed by atoms with van der Waals surface area (Å²) in [4.78, 5) is 21.1. The lowest BCUT2D eigenvalue weighted by Gasteiger charge is -2.23. The molecule has 1 atom stereocenters. The maximum Gasteiger partial charge on any atom is 0.244 e. The summed E-state index contributed by atoms with van der Waals surface area (Å²) in [7, 11) is 1.80. The van der Waals surface area contributed by atoms with Gasteiger partial charge in [0.2, 0.25) is 5.91 Å². The lowest BCUT2D eigenvalue weighted by atomic mass is 10.3. The quantitative estimate of drug-likeness (QED) is 0.781. The van der Waals surface area contributed by atoms with Crippen LogP contribution in [-0.2, 0) is 17.9 Å². The predicted molar refractivity (Wildman–Crippen MR) is 90.4 cm³/mol. The molecular weight excluding hydrogens is 326 g/mol.